The molecule has 0 heterocycles. The van der Waals surface area contributed by atoms with Crippen molar-refractivity contribution in [1.82, 2.24) is 0 Å². The largest absolute Gasteiger partial charge is 0.480 e. The van der Waals surface area contributed by atoms with E-state index < -0.39 is 18.0 Å². The zero-order chi connectivity index (χ0) is 8.15. The quantitative estimate of drug-likeness (QED) is 0.444. The van der Waals surface area contributed by atoms with Crippen LogP contribution in [-0.2, 0) is 9.59 Å². The standard InChI is InChI=1S/C5H7NO4/c6-3(5(9)10)1-2-4(7)8/h1-3H,6H2,(H,7,8)(H,9,10). The summed E-state index contributed by atoms with van der Waals surface area (Å²) in [6.45, 7) is 0. The van der Waals surface area contributed by atoms with Crippen molar-refractivity contribution in [3.05, 3.63) is 12.2 Å². The highest BCUT2D eigenvalue weighted by Gasteiger charge is 2.05. The van der Waals surface area contributed by atoms with Crippen LogP contribution in [0.1, 0.15) is 0 Å². The van der Waals surface area contributed by atoms with Crippen molar-refractivity contribution in [3.8, 4) is 0 Å². The Kier molecular flexibility index (Phi) is 3.13. The monoisotopic (exact) mass is 145 g/mol. The molecule has 4 N–H and O–H groups in total. The van der Waals surface area contributed by atoms with E-state index in [9.17, 15) is 9.59 Å². The van der Waals surface area contributed by atoms with Crippen molar-refractivity contribution < 1.29 is 19.8 Å². The van der Waals surface area contributed by atoms with Crippen LogP contribution in [0.2, 0.25) is 0 Å². The molecule has 0 bridgehead atoms. The third-order valence-electron chi connectivity index (χ3n) is 0.731. The SMILES string of the molecule is NC(C=CC(=O)O)C(=O)O. The van der Waals surface area contributed by atoms with E-state index in [0.29, 0.717) is 6.08 Å². The third kappa shape index (κ3) is 3.62. The van der Waals surface area contributed by atoms with Gasteiger partial charge in [0.25, 0.3) is 0 Å². The van der Waals surface area contributed by atoms with Crippen LogP contribution in [0, 0.1) is 0 Å². The summed E-state index contributed by atoms with van der Waals surface area (Å²) in [4.78, 5) is 19.7. The van der Waals surface area contributed by atoms with E-state index in [-0.39, 0.29) is 0 Å². The number of rotatable bonds is 3. The van der Waals surface area contributed by atoms with Gasteiger partial charge in [0.2, 0.25) is 0 Å². The molecule has 0 spiro atoms. The first-order chi connectivity index (χ1) is 4.54. The van der Waals surface area contributed by atoms with Crippen LogP contribution >= 0.6 is 0 Å². The minimum atomic E-state index is -1.25. The van der Waals surface area contributed by atoms with Gasteiger partial charge in [0.05, 0.1) is 0 Å². The van der Waals surface area contributed by atoms with Gasteiger partial charge in [-0.15, -0.1) is 0 Å². The summed E-state index contributed by atoms with van der Waals surface area (Å²) >= 11 is 0. The summed E-state index contributed by atoms with van der Waals surface area (Å²) in [5.74, 6) is -2.46. The van der Waals surface area contributed by atoms with Crippen LogP contribution in [0.25, 0.3) is 0 Å². The summed E-state index contributed by atoms with van der Waals surface area (Å²) in [7, 11) is 0. The van der Waals surface area contributed by atoms with Gasteiger partial charge in [0, 0.05) is 6.08 Å². The molecule has 0 aromatic carbocycles. The van der Waals surface area contributed by atoms with E-state index in [1.807, 2.05) is 0 Å². The van der Waals surface area contributed by atoms with Crippen LogP contribution in [-0.4, -0.2) is 28.2 Å². The van der Waals surface area contributed by atoms with Gasteiger partial charge in [-0.05, 0) is 6.08 Å². The molecule has 0 amide bonds. The molecule has 0 aliphatic heterocycles. The predicted molar refractivity (Wildman–Crippen MR) is 32.4 cm³/mol. The van der Waals surface area contributed by atoms with Crippen molar-refractivity contribution >= 4 is 11.9 Å². The first-order valence-corrected chi connectivity index (χ1v) is 2.43. The van der Waals surface area contributed by atoms with Crippen LogP contribution in [0.3, 0.4) is 0 Å². The Balaban J connectivity index is 3.89. The highest BCUT2D eigenvalue weighted by molar-refractivity contribution is 5.82. The lowest BCUT2D eigenvalue weighted by molar-refractivity contribution is -0.137. The molecule has 1 atom stereocenters. The van der Waals surface area contributed by atoms with E-state index in [1.165, 1.54) is 0 Å². The van der Waals surface area contributed by atoms with Crippen molar-refractivity contribution in [2.45, 2.75) is 6.04 Å². The Labute approximate surface area is 56.8 Å². The van der Waals surface area contributed by atoms with Crippen molar-refractivity contribution in [3.63, 3.8) is 0 Å². The Hall–Kier alpha value is -1.36. The second-order valence-electron chi connectivity index (χ2n) is 1.56. The Morgan fingerprint density at radius 1 is 1.40 bits per heavy atom. The molecule has 0 aromatic heterocycles. The van der Waals surface area contributed by atoms with Gasteiger partial charge >= 0.3 is 11.9 Å². The van der Waals surface area contributed by atoms with E-state index in [1.54, 1.807) is 0 Å². The topological polar surface area (TPSA) is 101 Å². The molecule has 1 unspecified atom stereocenters. The molecule has 0 saturated heterocycles. The lowest BCUT2D eigenvalue weighted by Crippen LogP contribution is -2.27. The fraction of sp³-hybridized carbons (Fsp3) is 0.200. The minimum absolute atomic E-state index is 0.693. The molecule has 5 heteroatoms. The molecule has 0 aromatic rings. The highest BCUT2D eigenvalue weighted by Crippen LogP contribution is 1.81. The number of nitrogens with two attached hydrogens (primary N) is 1. The number of hydrogen-bond donors (Lipinski definition) is 3. The first-order valence-electron chi connectivity index (χ1n) is 2.43. The van der Waals surface area contributed by atoms with Gasteiger partial charge < -0.3 is 15.9 Å². The van der Waals surface area contributed by atoms with Gasteiger partial charge in [0.1, 0.15) is 6.04 Å². The summed E-state index contributed by atoms with van der Waals surface area (Å²) in [6, 6.07) is -1.24. The molecule has 5 nitrogen and oxygen atoms in total. The molecule has 0 radical (unpaired) electrons. The normalized spacial score (nSPS) is 13.3. The second kappa shape index (κ2) is 3.62. The van der Waals surface area contributed by atoms with Crippen LogP contribution in [0.4, 0.5) is 0 Å². The van der Waals surface area contributed by atoms with E-state index in [4.69, 9.17) is 15.9 Å². The average molecular weight is 145 g/mol. The van der Waals surface area contributed by atoms with Crippen molar-refractivity contribution in [1.29, 1.82) is 0 Å². The maximum atomic E-state index is 9.94. The highest BCUT2D eigenvalue weighted by atomic mass is 16.4. The fourth-order valence-electron chi connectivity index (χ4n) is 0.268. The minimum Gasteiger partial charge on any atom is -0.480 e. The molecule has 0 aliphatic rings. The van der Waals surface area contributed by atoms with Crippen LogP contribution < -0.4 is 5.73 Å². The smallest absolute Gasteiger partial charge is 0.328 e. The summed E-state index contributed by atoms with van der Waals surface area (Å²) in [5.41, 5.74) is 4.92. The van der Waals surface area contributed by atoms with E-state index in [2.05, 4.69) is 0 Å². The van der Waals surface area contributed by atoms with Gasteiger partial charge in [-0.2, -0.15) is 0 Å². The zero-order valence-corrected chi connectivity index (χ0v) is 5.02. The number of hydrogen-bond acceptors (Lipinski definition) is 3. The molecule has 0 rings (SSSR count). The lowest BCUT2D eigenvalue weighted by Gasteiger charge is -1.94. The Bertz CT molecular complexity index is 174. The Morgan fingerprint density at radius 2 is 1.90 bits per heavy atom. The average Bonchev–Trinajstić information content (AvgIpc) is 1.82. The van der Waals surface area contributed by atoms with Crippen LogP contribution in [0.5, 0.6) is 0 Å². The molecular weight excluding hydrogens is 138 g/mol. The summed E-state index contributed by atoms with van der Waals surface area (Å²) in [6.07, 6.45) is 1.59. The Morgan fingerprint density at radius 3 is 2.20 bits per heavy atom. The third-order valence-corrected chi connectivity index (χ3v) is 0.731. The molecular formula is C5H7NO4. The summed E-state index contributed by atoms with van der Waals surface area (Å²) < 4.78 is 0. The molecule has 56 valence electrons. The molecule has 10 heavy (non-hydrogen) atoms. The van der Waals surface area contributed by atoms with Gasteiger partial charge in [-0.25, -0.2) is 4.79 Å². The lowest BCUT2D eigenvalue weighted by atomic mass is 10.3. The molecule has 0 saturated carbocycles. The van der Waals surface area contributed by atoms with E-state index >= 15 is 0 Å². The van der Waals surface area contributed by atoms with Crippen molar-refractivity contribution in [2.75, 3.05) is 0 Å². The van der Waals surface area contributed by atoms with Gasteiger partial charge in [0.15, 0.2) is 0 Å². The number of carbonyl (C=O) groups is 2. The number of carboxylic acid groups (broad SMARTS) is 2. The van der Waals surface area contributed by atoms with E-state index in [0.717, 1.165) is 6.08 Å². The zero-order valence-electron chi connectivity index (χ0n) is 5.02. The first kappa shape index (κ1) is 8.64. The maximum Gasteiger partial charge on any atom is 0.328 e. The summed E-state index contributed by atoms with van der Waals surface area (Å²) in [5, 5.41) is 16.1. The predicted octanol–water partition coefficient (Wildman–Crippen LogP) is -0.961. The van der Waals surface area contributed by atoms with Crippen LogP contribution in [0.15, 0.2) is 12.2 Å². The number of carboxylic acids is 2. The number of aliphatic carboxylic acids is 2. The second-order valence-corrected chi connectivity index (χ2v) is 1.56. The van der Waals surface area contributed by atoms with Gasteiger partial charge in [-0.3, -0.25) is 4.79 Å². The van der Waals surface area contributed by atoms with Crippen molar-refractivity contribution in [2.24, 2.45) is 5.73 Å². The molecule has 0 fully saturated rings. The molecule has 0 aliphatic carbocycles. The van der Waals surface area contributed by atoms with Gasteiger partial charge in [-0.1, -0.05) is 0 Å². The fourth-order valence-corrected chi connectivity index (χ4v) is 0.268. The maximum absolute atomic E-state index is 9.94.